The van der Waals surface area contributed by atoms with Gasteiger partial charge in [0.05, 0.1) is 40.5 Å². The van der Waals surface area contributed by atoms with Crippen LogP contribution in [0.3, 0.4) is 0 Å². The van der Waals surface area contributed by atoms with Crippen LogP contribution < -0.4 is 25.3 Å². The van der Waals surface area contributed by atoms with Gasteiger partial charge in [-0.05, 0) is 81.0 Å². The number of aliphatic hydroxyl groups is 1. The van der Waals surface area contributed by atoms with Gasteiger partial charge in [-0.25, -0.2) is 9.97 Å². The average Bonchev–Trinajstić information content (AvgIpc) is 3.93. The Labute approximate surface area is 260 Å². The van der Waals surface area contributed by atoms with E-state index in [-0.39, 0.29) is 60.0 Å². The SMILES string of the molecule is CCOc1c(CC(N)=O)cc([C@@](O)(CNC(=O)c2ccc3nc(C4CC4)sc3c2)C2CC2)nc1-c1ccc2c(c1)OC(F)(F)O2. The number of fused-ring (bicyclic) bond motifs is 2. The van der Waals surface area contributed by atoms with Gasteiger partial charge < -0.3 is 30.4 Å². The number of aromatic nitrogens is 2. The zero-order valence-electron chi connectivity index (χ0n) is 24.3. The molecule has 2 fully saturated rings. The van der Waals surface area contributed by atoms with E-state index in [1.807, 2.05) is 12.1 Å². The molecule has 4 N–H and O–H groups in total. The van der Waals surface area contributed by atoms with Gasteiger partial charge in [0.15, 0.2) is 11.5 Å². The summed E-state index contributed by atoms with van der Waals surface area (Å²) in [5, 5.41) is 16.1. The Hall–Kier alpha value is -4.36. The normalized spacial score (nSPS) is 18.0. The van der Waals surface area contributed by atoms with Crippen LogP contribution >= 0.6 is 11.3 Å². The number of rotatable bonds is 11. The van der Waals surface area contributed by atoms with Gasteiger partial charge in [0.25, 0.3) is 5.91 Å². The maximum Gasteiger partial charge on any atom is 0.586 e. The van der Waals surface area contributed by atoms with Crippen LogP contribution in [-0.4, -0.2) is 46.3 Å². The molecule has 0 spiro atoms. The van der Waals surface area contributed by atoms with Gasteiger partial charge in [-0.1, -0.05) is 0 Å². The summed E-state index contributed by atoms with van der Waals surface area (Å²) in [6.07, 6.45) is -0.384. The number of carbonyl (C=O) groups is 2. The summed E-state index contributed by atoms with van der Waals surface area (Å²) >= 11 is 1.59. The molecule has 10 nitrogen and oxygen atoms in total. The first-order valence-electron chi connectivity index (χ1n) is 14.8. The summed E-state index contributed by atoms with van der Waals surface area (Å²) in [5.41, 5.74) is 6.34. The summed E-state index contributed by atoms with van der Waals surface area (Å²) in [5.74, 6) is -0.844. The molecular weight excluding hydrogens is 606 g/mol. The zero-order chi connectivity index (χ0) is 31.5. The Morgan fingerprint density at radius 1 is 1.11 bits per heavy atom. The van der Waals surface area contributed by atoms with Crippen LogP contribution in [0.25, 0.3) is 21.5 Å². The van der Waals surface area contributed by atoms with Crippen molar-refractivity contribution in [1.29, 1.82) is 0 Å². The minimum absolute atomic E-state index is 0.146. The highest BCUT2D eigenvalue weighted by atomic mass is 32.1. The number of primary amides is 1. The Bertz CT molecular complexity index is 1840. The van der Waals surface area contributed by atoms with Crippen molar-refractivity contribution in [3.63, 3.8) is 0 Å². The van der Waals surface area contributed by atoms with Crippen molar-refractivity contribution >= 4 is 33.4 Å². The molecule has 0 unspecified atom stereocenters. The third-order valence-corrected chi connectivity index (χ3v) is 9.37. The summed E-state index contributed by atoms with van der Waals surface area (Å²) in [6.45, 7) is 1.80. The molecule has 2 saturated carbocycles. The minimum atomic E-state index is -3.81. The fourth-order valence-electron chi connectivity index (χ4n) is 5.63. The predicted molar refractivity (Wildman–Crippen MR) is 160 cm³/mol. The predicted octanol–water partition coefficient (Wildman–Crippen LogP) is 5.01. The molecule has 4 aromatic rings. The Morgan fingerprint density at radius 2 is 1.89 bits per heavy atom. The molecule has 2 aromatic carbocycles. The van der Waals surface area contributed by atoms with E-state index in [1.165, 1.54) is 18.2 Å². The van der Waals surface area contributed by atoms with E-state index in [0.29, 0.717) is 35.4 Å². The van der Waals surface area contributed by atoms with E-state index in [2.05, 4.69) is 19.8 Å². The number of thiazole rings is 1. The lowest BCUT2D eigenvalue weighted by Gasteiger charge is -2.30. The topological polar surface area (TPSA) is 146 Å². The fraction of sp³-hybridized carbons (Fsp3) is 0.375. The number of alkyl halides is 2. The number of pyridine rings is 1. The van der Waals surface area contributed by atoms with Gasteiger partial charge in [-0.3, -0.25) is 9.59 Å². The highest BCUT2D eigenvalue weighted by molar-refractivity contribution is 7.18. The fourth-order valence-corrected chi connectivity index (χ4v) is 6.81. The van der Waals surface area contributed by atoms with E-state index in [1.54, 1.807) is 30.4 Å². The molecule has 0 radical (unpaired) electrons. The van der Waals surface area contributed by atoms with Crippen molar-refractivity contribution < 1.29 is 37.7 Å². The monoisotopic (exact) mass is 636 g/mol. The van der Waals surface area contributed by atoms with Gasteiger partial charge >= 0.3 is 6.29 Å². The number of hydrogen-bond donors (Lipinski definition) is 3. The molecular formula is C32H30F2N4O6S. The molecule has 13 heteroatoms. The van der Waals surface area contributed by atoms with Gasteiger partial charge in [0, 0.05) is 22.6 Å². The molecule has 2 aliphatic carbocycles. The van der Waals surface area contributed by atoms with Crippen molar-refractivity contribution in [2.75, 3.05) is 13.2 Å². The van der Waals surface area contributed by atoms with Crippen molar-refractivity contribution in [3.8, 4) is 28.5 Å². The third-order valence-electron chi connectivity index (χ3n) is 8.19. The van der Waals surface area contributed by atoms with E-state index in [0.717, 1.165) is 28.1 Å². The van der Waals surface area contributed by atoms with E-state index < -0.39 is 17.8 Å². The highest BCUT2D eigenvalue weighted by Crippen LogP contribution is 2.48. The molecule has 0 saturated heterocycles. The number of nitrogens with zero attached hydrogens (tertiary/aromatic N) is 2. The highest BCUT2D eigenvalue weighted by Gasteiger charge is 2.47. The first-order valence-corrected chi connectivity index (χ1v) is 15.6. The average molecular weight is 637 g/mol. The van der Waals surface area contributed by atoms with Crippen LogP contribution in [0.15, 0.2) is 42.5 Å². The second-order valence-corrected chi connectivity index (χ2v) is 12.7. The Balaban J connectivity index is 1.23. The number of halogens is 2. The number of carbonyl (C=O) groups excluding carboxylic acids is 2. The first-order chi connectivity index (χ1) is 21.5. The summed E-state index contributed by atoms with van der Waals surface area (Å²) in [7, 11) is 0. The summed E-state index contributed by atoms with van der Waals surface area (Å²) in [6, 6.07) is 11.1. The smallest absolute Gasteiger partial charge is 0.491 e. The Kier molecular flexibility index (Phi) is 7.12. The van der Waals surface area contributed by atoms with Gasteiger partial charge in [-0.2, -0.15) is 0 Å². The number of nitrogens with two attached hydrogens (primary N) is 1. The molecule has 7 rings (SSSR count). The third kappa shape index (κ3) is 5.77. The van der Waals surface area contributed by atoms with Crippen molar-refractivity contribution in [1.82, 2.24) is 15.3 Å². The van der Waals surface area contributed by atoms with Crippen LogP contribution in [-0.2, 0) is 16.8 Å². The lowest BCUT2D eigenvalue weighted by atomic mass is 9.90. The minimum Gasteiger partial charge on any atom is -0.491 e. The summed E-state index contributed by atoms with van der Waals surface area (Å²) < 4.78 is 43.6. The van der Waals surface area contributed by atoms with E-state index >= 15 is 0 Å². The second kappa shape index (κ2) is 10.9. The lowest BCUT2D eigenvalue weighted by Crippen LogP contribution is -2.43. The molecule has 2 aromatic heterocycles. The van der Waals surface area contributed by atoms with Crippen LogP contribution in [0, 0.1) is 5.92 Å². The molecule has 3 heterocycles. The quantitative estimate of drug-likeness (QED) is 0.208. The molecule has 234 valence electrons. The number of hydrogen-bond acceptors (Lipinski definition) is 9. The molecule has 3 aliphatic rings. The number of benzene rings is 2. The van der Waals surface area contributed by atoms with Crippen molar-refractivity contribution in [2.45, 2.75) is 56.8 Å². The van der Waals surface area contributed by atoms with Crippen LogP contribution in [0.5, 0.6) is 17.2 Å². The number of nitrogens with one attached hydrogen (secondary N) is 1. The Morgan fingerprint density at radius 3 is 2.60 bits per heavy atom. The largest absolute Gasteiger partial charge is 0.586 e. The van der Waals surface area contributed by atoms with E-state index in [9.17, 15) is 23.5 Å². The van der Waals surface area contributed by atoms with Gasteiger partial charge in [-0.15, -0.1) is 20.1 Å². The molecule has 45 heavy (non-hydrogen) atoms. The lowest BCUT2D eigenvalue weighted by molar-refractivity contribution is -0.286. The van der Waals surface area contributed by atoms with Gasteiger partial charge in [0.1, 0.15) is 17.0 Å². The van der Waals surface area contributed by atoms with Gasteiger partial charge in [0.2, 0.25) is 5.91 Å². The standard InChI is InChI=1S/C32H30F2N4O6S/c1-2-42-28-19(14-26(35)39)13-25(38-27(28)17-6-10-22-23(11-17)44-32(33,34)43-22)31(41,20-7-8-20)15-36-29(40)18-5-9-21-24(12-18)45-30(37-21)16-3-4-16/h5-6,9-13,16,20,41H,2-4,7-8,14-15H2,1H3,(H2,35,39)(H,36,40)/t31-/m1/s1. The number of amides is 2. The molecule has 1 aliphatic heterocycles. The summed E-state index contributed by atoms with van der Waals surface area (Å²) in [4.78, 5) is 34.9. The maximum atomic E-state index is 13.8. The van der Waals surface area contributed by atoms with Crippen LogP contribution in [0.1, 0.15) is 65.1 Å². The molecule has 0 bridgehead atoms. The van der Waals surface area contributed by atoms with Crippen molar-refractivity contribution in [2.24, 2.45) is 11.7 Å². The molecule has 2 amide bonds. The van der Waals surface area contributed by atoms with Crippen molar-refractivity contribution in [3.05, 3.63) is 64.3 Å². The maximum absolute atomic E-state index is 13.8. The number of ether oxygens (including phenoxy) is 3. The second-order valence-electron chi connectivity index (χ2n) is 11.6. The zero-order valence-corrected chi connectivity index (χ0v) is 25.1. The molecule has 1 atom stereocenters. The van der Waals surface area contributed by atoms with E-state index in [4.69, 9.17) is 15.5 Å². The van der Waals surface area contributed by atoms with Crippen LogP contribution in [0.4, 0.5) is 8.78 Å². The van der Waals surface area contributed by atoms with Crippen LogP contribution in [0.2, 0.25) is 0 Å². The first kappa shape index (κ1) is 29.4.